The second kappa shape index (κ2) is 6.96. The van der Waals surface area contributed by atoms with E-state index in [-0.39, 0.29) is 0 Å². The van der Waals surface area contributed by atoms with Crippen molar-refractivity contribution in [2.45, 2.75) is 37.0 Å². The fourth-order valence-electron chi connectivity index (χ4n) is 3.08. The molecule has 0 aromatic carbocycles. The molecule has 5 heteroatoms. The number of likely N-dealkylation sites (tertiary alicyclic amines) is 1. The smallest absolute Gasteiger partial charge is 0.233 e. The van der Waals surface area contributed by atoms with E-state index in [1.807, 2.05) is 11.8 Å². The van der Waals surface area contributed by atoms with Crippen LogP contribution in [0.5, 0.6) is 0 Å². The van der Waals surface area contributed by atoms with Crippen molar-refractivity contribution in [2.24, 2.45) is 0 Å². The van der Waals surface area contributed by atoms with Crippen molar-refractivity contribution < 1.29 is 4.79 Å². The zero-order valence-electron chi connectivity index (χ0n) is 11.7. The van der Waals surface area contributed by atoms with Crippen LogP contribution in [-0.2, 0) is 4.79 Å². The summed E-state index contributed by atoms with van der Waals surface area (Å²) in [4.78, 5) is 15.9. The van der Waals surface area contributed by atoms with Gasteiger partial charge in [-0.05, 0) is 50.2 Å². The first-order valence-electron chi connectivity index (χ1n) is 7.50. The van der Waals surface area contributed by atoms with Gasteiger partial charge in [-0.2, -0.15) is 0 Å². The number of thioether (sulfide) groups is 1. The average Bonchev–Trinajstić information content (AvgIpc) is 3.15. The molecule has 3 heterocycles. The summed E-state index contributed by atoms with van der Waals surface area (Å²) in [6.45, 7) is 3.15. The topological polar surface area (TPSA) is 32.3 Å². The molecule has 2 fully saturated rings. The predicted molar refractivity (Wildman–Crippen MR) is 86.4 cm³/mol. The van der Waals surface area contributed by atoms with E-state index in [0.717, 1.165) is 32.5 Å². The van der Waals surface area contributed by atoms with Crippen LogP contribution in [0.4, 0.5) is 0 Å². The summed E-state index contributed by atoms with van der Waals surface area (Å²) < 4.78 is 0. The highest BCUT2D eigenvalue weighted by molar-refractivity contribution is 8.00. The highest BCUT2D eigenvalue weighted by Gasteiger charge is 2.30. The summed E-state index contributed by atoms with van der Waals surface area (Å²) in [5, 5.41) is 6.16. The normalized spacial score (nSPS) is 24.2. The van der Waals surface area contributed by atoms with Crippen LogP contribution in [0.15, 0.2) is 17.5 Å². The first-order chi connectivity index (χ1) is 9.84. The number of rotatable bonds is 4. The maximum absolute atomic E-state index is 12.5. The second-order valence-corrected chi connectivity index (χ2v) is 7.79. The van der Waals surface area contributed by atoms with Gasteiger partial charge in [0.15, 0.2) is 0 Å². The number of hydrogen-bond donors (Lipinski definition) is 1. The van der Waals surface area contributed by atoms with Gasteiger partial charge in [-0.3, -0.25) is 4.79 Å². The van der Waals surface area contributed by atoms with Gasteiger partial charge in [0.05, 0.1) is 11.8 Å². The Kier molecular flexibility index (Phi) is 5.02. The van der Waals surface area contributed by atoms with Crippen LogP contribution < -0.4 is 5.32 Å². The zero-order valence-corrected chi connectivity index (χ0v) is 13.3. The number of hydrogen-bond acceptors (Lipinski definition) is 4. The Bertz CT molecular complexity index is 429. The Balaban J connectivity index is 1.53. The number of amides is 1. The van der Waals surface area contributed by atoms with Crippen molar-refractivity contribution in [1.29, 1.82) is 0 Å². The molecule has 110 valence electrons. The Morgan fingerprint density at radius 2 is 2.25 bits per heavy atom. The van der Waals surface area contributed by atoms with E-state index in [1.54, 1.807) is 11.3 Å². The molecule has 1 N–H and O–H groups in total. The molecule has 20 heavy (non-hydrogen) atoms. The highest BCUT2D eigenvalue weighted by atomic mass is 32.2. The summed E-state index contributed by atoms with van der Waals surface area (Å²) in [5.74, 6) is 0.997. The van der Waals surface area contributed by atoms with Gasteiger partial charge in [-0.25, -0.2) is 0 Å². The number of carbonyl (C=O) groups is 1. The third-order valence-electron chi connectivity index (χ3n) is 4.17. The third-order valence-corrected chi connectivity index (χ3v) is 6.50. The summed E-state index contributed by atoms with van der Waals surface area (Å²) in [7, 11) is 0. The largest absolute Gasteiger partial charge is 0.334 e. The molecule has 1 aromatic rings. The first kappa shape index (κ1) is 14.4. The molecule has 0 spiro atoms. The van der Waals surface area contributed by atoms with Crippen LogP contribution in [0.1, 0.15) is 36.6 Å². The zero-order chi connectivity index (χ0) is 13.8. The Morgan fingerprint density at radius 1 is 1.40 bits per heavy atom. The lowest BCUT2D eigenvalue weighted by Gasteiger charge is -2.26. The van der Waals surface area contributed by atoms with E-state index in [1.165, 1.54) is 17.7 Å². The van der Waals surface area contributed by atoms with E-state index in [2.05, 4.69) is 27.7 Å². The van der Waals surface area contributed by atoms with Gasteiger partial charge in [0.2, 0.25) is 5.91 Å². The van der Waals surface area contributed by atoms with Crippen LogP contribution >= 0.6 is 23.1 Å². The monoisotopic (exact) mass is 310 g/mol. The predicted octanol–water partition coefficient (Wildman–Crippen LogP) is 2.90. The number of carbonyl (C=O) groups excluding carboxylic acids is 1. The molecule has 2 aliphatic heterocycles. The molecular weight excluding hydrogens is 288 g/mol. The summed E-state index contributed by atoms with van der Waals surface area (Å²) >= 11 is 3.64. The van der Waals surface area contributed by atoms with Crippen LogP contribution in [0.25, 0.3) is 0 Å². The van der Waals surface area contributed by atoms with Crippen molar-refractivity contribution in [3.8, 4) is 0 Å². The molecule has 1 atom stereocenters. The van der Waals surface area contributed by atoms with Crippen LogP contribution in [0, 0.1) is 0 Å². The third kappa shape index (κ3) is 3.38. The Hall–Kier alpha value is -0.520. The first-order valence-corrected chi connectivity index (χ1v) is 9.42. The molecule has 1 amide bonds. The van der Waals surface area contributed by atoms with Gasteiger partial charge in [-0.15, -0.1) is 23.1 Å². The minimum atomic E-state index is 0.337. The van der Waals surface area contributed by atoms with Gasteiger partial charge in [0.25, 0.3) is 0 Å². The fourth-order valence-corrected chi connectivity index (χ4v) is 5.06. The fraction of sp³-hybridized carbons (Fsp3) is 0.667. The van der Waals surface area contributed by atoms with E-state index < -0.39 is 0 Å². The van der Waals surface area contributed by atoms with Crippen LogP contribution in [0.2, 0.25) is 0 Å². The SMILES string of the molecule is O=C(CSC1CCNCC1)N1CCCC1c1cccs1. The molecule has 2 saturated heterocycles. The maximum atomic E-state index is 12.5. The quantitative estimate of drug-likeness (QED) is 0.928. The van der Waals surface area contributed by atoms with E-state index >= 15 is 0 Å². The van der Waals surface area contributed by atoms with Gasteiger partial charge in [0.1, 0.15) is 0 Å². The van der Waals surface area contributed by atoms with E-state index in [4.69, 9.17) is 0 Å². The van der Waals surface area contributed by atoms with E-state index in [0.29, 0.717) is 23.0 Å². The summed E-state index contributed by atoms with van der Waals surface area (Å²) in [6, 6.07) is 4.60. The van der Waals surface area contributed by atoms with Crippen molar-refractivity contribution in [1.82, 2.24) is 10.2 Å². The van der Waals surface area contributed by atoms with Gasteiger partial charge in [0, 0.05) is 16.7 Å². The summed E-state index contributed by atoms with van der Waals surface area (Å²) in [5.41, 5.74) is 0. The standard InChI is InChI=1S/C15H22N2OS2/c18-15(11-20-12-5-7-16-8-6-12)17-9-1-3-13(17)14-4-2-10-19-14/h2,4,10,12-13,16H,1,3,5-9,11H2. The lowest BCUT2D eigenvalue weighted by molar-refractivity contribution is -0.129. The van der Waals surface area contributed by atoms with Crippen molar-refractivity contribution in [3.63, 3.8) is 0 Å². The molecule has 0 bridgehead atoms. The summed E-state index contributed by atoms with van der Waals surface area (Å²) in [6.07, 6.45) is 4.68. The molecule has 3 rings (SSSR count). The van der Waals surface area contributed by atoms with Crippen LogP contribution in [-0.4, -0.2) is 41.4 Å². The number of thiophene rings is 1. The van der Waals surface area contributed by atoms with Crippen molar-refractivity contribution >= 4 is 29.0 Å². The number of nitrogens with one attached hydrogen (secondary N) is 1. The molecule has 1 aromatic heterocycles. The van der Waals surface area contributed by atoms with Crippen molar-refractivity contribution in [3.05, 3.63) is 22.4 Å². The average molecular weight is 310 g/mol. The minimum Gasteiger partial charge on any atom is -0.334 e. The molecule has 2 aliphatic rings. The number of nitrogens with zero attached hydrogens (tertiary/aromatic N) is 1. The lowest BCUT2D eigenvalue weighted by Crippen LogP contribution is -2.34. The van der Waals surface area contributed by atoms with Crippen LogP contribution in [0.3, 0.4) is 0 Å². The molecule has 1 unspecified atom stereocenters. The molecular formula is C15H22N2OS2. The highest BCUT2D eigenvalue weighted by Crippen LogP contribution is 2.35. The molecule has 0 saturated carbocycles. The molecule has 0 aliphatic carbocycles. The maximum Gasteiger partial charge on any atom is 0.233 e. The van der Waals surface area contributed by atoms with Gasteiger partial charge >= 0.3 is 0 Å². The molecule has 0 radical (unpaired) electrons. The Morgan fingerprint density at radius 3 is 3.00 bits per heavy atom. The second-order valence-electron chi connectivity index (χ2n) is 5.52. The van der Waals surface area contributed by atoms with Gasteiger partial charge in [-0.1, -0.05) is 6.07 Å². The van der Waals surface area contributed by atoms with Crippen molar-refractivity contribution in [2.75, 3.05) is 25.4 Å². The number of piperidine rings is 1. The van der Waals surface area contributed by atoms with E-state index in [9.17, 15) is 4.79 Å². The Labute approximate surface area is 129 Å². The van der Waals surface area contributed by atoms with Gasteiger partial charge < -0.3 is 10.2 Å². The minimum absolute atomic E-state index is 0.337. The lowest BCUT2D eigenvalue weighted by atomic mass is 10.2. The molecule has 3 nitrogen and oxygen atoms in total.